The number of nitriles is 1. The second kappa shape index (κ2) is 14.5. The van der Waals surface area contributed by atoms with Crippen molar-refractivity contribution >= 4 is 18.9 Å². The lowest BCUT2D eigenvalue weighted by molar-refractivity contribution is -0.135. The molecule has 2 rings (SSSR count). The molecular weight excluding hydrogens is 516 g/mol. The summed E-state index contributed by atoms with van der Waals surface area (Å²) in [6.45, 7) is 4.11. The Balaban J connectivity index is 2.09. The number of hydrogen-bond donors (Lipinski definition) is 4. The second-order valence-electron chi connectivity index (χ2n) is 10.6. The highest BCUT2D eigenvalue weighted by Gasteiger charge is 2.34. The molecule has 0 saturated carbocycles. The van der Waals surface area contributed by atoms with Crippen LogP contribution in [-0.4, -0.2) is 78.4 Å². The summed E-state index contributed by atoms with van der Waals surface area (Å²) >= 11 is 0. The molecule has 1 heterocycles. The van der Waals surface area contributed by atoms with Crippen LogP contribution >= 0.6 is 0 Å². The molecule has 0 unspecified atom stereocenters. The molecule has 0 aromatic heterocycles. The number of alkyl halides is 3. The van der Waals surface area contributed by atoms with Crippen LogP contribution in [-0.2, 0) is 14.3 Å². The van der Waals surface area contributed by atoms with Gasteiger partial charge in [0, 0.05) is 12.9 Å². The maximum atomic E-state index is 13.0. The summed E-state index contributed by atoms with van der Waals surface area (Å²) in [4.78, 5) is 27.5. The fourth-order valence-electron chi connectivity index (χ4n) is 4.24. The Morgan fingerprint density at radius 1 is 1.26 bits per heavy atom. The highest BCUT2D eigenvalue weighted by atomic mass is 19.4. The Hall–Kier alpha value is -2.92. The van der Waals surface area contributed by atoms with Crippen molar-refractivity contribution in [2.45, 2.75) is 64.2 Å². The smallest absolute Gasteiger partial charge is 0.427 e. The Bertz CT molecular complexity index is 1030. The van der Waals surface area contributed by atoms with Crippen molar-refractivity contribution in [3.05, 3.63) is 47.5 Å². The summed E-state index contributed by atoms with van der Waals surface area (Å²) in [5.41, 5.74) is 0.170. The standard InChI is InChI=1S/C26H36BF3N4O5/c1-25(2,3)12-19(14-31)24(36)34-11-7-10-20(34)15-39-16-22(32-17-26(28,29)30)23(35)33-21(13-27(37)38)18-8-5-4-6-9-18/h4-6,8-9,12,20-22,32,37-38H,7,10-11,13,15-17H2,1-3H3,(H,33,35)/t20-,21-,22+/m1/s1. The molecule has 4 N–H and O–H groups in total. The molecule has 39 heavy (non-hydrogen) atoms. The lowest BCUT2D eigenvalue weighted by Gasteiger charge is -2.27. The summed E-state index contributed by atoms with van der Waals surface area (Å²) in [5.74, 6) is -1.25. The van der Waals surface area contributed by atoms with Gasteiger partial charge in [0.1, 0.15) is 17.7 Å². The molecule has 13 heteroatoms. The summed E-state index contributed by atoms with van der Waals surface area (Å²) < 4.78 is 44.5. The average molecular weight is 552 g/mol. The van der Waals surface area contributed by atoms with Gasteiger partial charge in [-0.1, -0.05) is 57.2 Å². The van der Waals surface area contributed by atoms with Gasteiger partial charge in [0.2, 0.25) is 5.91 Å². The molecule has 1 aliphatic heterocycles. The lowest BCUT2D eigenvalue weighted by Crippen LogP contribution is -2.51. The van der Waals surface area contributed by atoms with E-state index in [0.29, 0.717) is 24.9 Å². The normalized spacial score (nSPS) is 17.9. The van der Waals surface area contributed by atoms with Gasteiger partial charge in [-0.15, -0.1) is 0 Å². The number of hydrogen-bond acceptors (Lipinski definition) is 7. The molecule has 3 atom stereocenters. The summed E-state index contributed by atoms with van der Waals surface area (Å²) in [6, 6.07) is 7.67. The second-order valence-corrected chi connectivity index (χ2v) is 10.6. The fourth-order valence-corrected chi connectivity index (χ4v) is 4.24. The van der Waals surface area contributed by atoms with Crippen LogP contribution in [0.4, 0.5) is 13.2 Å². The Kier molecular flexibility index (Phi) is 12.0. The zero-order valence-corrected chi connectivity index (χ0v) is 22.4. The van der Waals surface area contributed by atoms with Crippen LogP contribution in [0.3, 0.4) is 0 Å². The topological polar surface area (TPSA) is 135 Å². The van der Waals surface area contributed by atoms with Gasteiger partial charge < -0.3 is 25.0 Å². The Labute approximate surface area is 227 Å². The monoisotopic (exact) mass is 552 g/mol. The van der Waals surface area contributed by atoms with Gasteiger partial charge in [-0.3, -0.25) is 14.9 Å². The number of likely N-dealkylation sites (tertiary alicyclic amines) is 1. The van der Waals surface area contributed by atoms with Crippen LogP contribution in [0.2, 0.25) is 6.32 Å². The Morgan fingerprint density at radius 3 is 2.49 bits per heavy atom. The molecule has 0 radical (unpaired) electrons. The van der Waals surface area contributed by atoms with Gasteiger partial charge in [-0.25, -0.2) is 0 Å². The van der Waals surface area contributed by atoms with Gasteiger partial charge in [-0.05, 0) is 23.8 Å². The molecule has 0 spiro atoms. The molecule has 1 saturated heterocycles. The number of carbonyl (C=O) groups is 2. The maximum absolute atomic E-state index is 13.0. The van der Waals surface area contributed by atoms with Gasteiger partial charge >= 0.3 is 13.3 Å². The van der Waals surface area contributed by atoms with E-state index in [1.54, 1.807) is 36.4 Å². The van der Waals surface area contributed by atoms with Crippen molar-refractivity contribution in [1.29, 1.82) is 5.26 Å². The first kappa shape index (κ1) is 32.3. The van der Waals surface area contributed by atoms with Crippen LogP contribution in [0.25, 0.3) is 0 Å². The minimum atomic E-state index is -4.58. The van der Waals surface area contributed by atoms with Crippen LogP contribution < -0.4 is 10.6 Å². The van der Waals surface area contributed by atoms with E-state index in [1.807, 2.05) is 26.8 Å². The maximum Gasteiger partial charge on any atom is 0.453 e. The highest BCUT2D eigenvalue weighted by Crippen LogP contribution is 2.24. The SMILES string of the molecule is CC(C)(C)C=C(C#N)C(=O)N1CCC[C@@H]1COC[C@H](NCC(F)(F)F)C(=O)N[C@H](CB(O)O)c1ccccc1. The number of nitrogens with zero attached hydrogens (tertiary/aromatic N) is 2. The molecule has 1 aliphatic rings. The summed E-state index contributed by atoms with van der Waals surface area (Å²) in [6.07, 6.45) is -2.01. The molecule has 2 amide bonds. The molecule has 0 aliphatic carbocycles. The first-order valence-corrected chi connectivity index (χ1v) is 12.7. The number of carbonyl (C=O) groups excluding carboxylic acids is 2. The number of ether oxygens (including phenoxy) is 1. The molecule has 1 fully saturated rings. The van der Waals surface area contributed by atoms with Crippen molar-refractivity contribution in [3.63, 3.8) is 0 Å². The molecule has 9 nitrogen and oxygen atoms in total. The Morgan fingerprint density at radius 2 is 1.92 bits per heavy atom. The van der Waals surface area contributed by atoms with Crippen molar-refractivity contribution in [2.75, 3.05) is 26.3 Å². The minimum Gasteiger partial charge on any atom is -0.427 e. The van der Waals surface area contributed by atoms with E-state index in [9.17, 15) is 38.1 Å². The molecule has 1 aromatic rings. The fraction of sp³-hybridized carbons (Fsp3) is 0.577. The third-order valence-electron chi connectivity index (χ3n) is 5.99. The quantitative estimate of drug-likeness (QED) is 0.178. The van der Waals surface area contributed by atoms with Crippen LogP contribution in [0.1, 0.15) is 45.2 Å². The summed E-state index contributed by atoms with van der Waals surface area (Å²) in [7, 11) is -1.76. The summed E-state index contributed by atoms with van der Waals surface area (Å²) in [5, 5.41) is 33.1. The van der Waals surface area contributed by atoms with Crippen molar-refractivity contribution < 1.29 is 37.5 Å². The van der Waals surface area contributed by atoms with Crippen LogP contribution in [0.15, 0.2) is 42.0 Å². The van der Waals surface area contributed by atoms with E-state index in [1.165, 1.54) is 4.90 Å². The number of rotatable bonds is 12. The van der Waals surface area contributed by atoms with Gasteiger partial charge in [0.05, 0.1) is 31.8 Å². The van der Waals surface area contributed by atoms with E-state index < -0.39 is 56.4 Å². The number of benzene rings is 1. The van der Waals surface area contributed by atoms with Crippen molar-refractivity contribution in [3.8, 4) is 6.07 Å². The van der Waals surface area contributed by atoms with Gasteiger partial charge in [0.15, 0.2) is 0 Å². The van der Waals surface area contributed by atoms with Crippen molar-refractivity contribution in [2.24, 2.45) is 5.41 Å². The zero-order valence-electron chi connectivity index (χ0n) is 22.4. The first-order chi connectivity index (χ1) is 18.2. The van der Waals surface area contributed by atoms with Crippen LogP contribution in [0.5, 0.6) is 0 Å². The van der Waals surface area contributed by atoms with E-state index in [0.717, 1.165) is 0 Å². The van der Waals surface area contributed by atoms with E-state index >= 15 is 0 Å². The molecule has 214 valence electrons. The largest absolute Gasteiger partial charge is 0.453 e. The highest BCUT2D eigenvalue weighted by molar-refractivity contribution is 6.41. The third kappa shape index (κ3) is 11.4. The molecular formula is C26H36BF3N4O5. The number of halogens is 3. The van der Waals surface area contributed by atoms with E-state index in [4.69, 9.17) is 4.74 Å². The molecule has 0 bridgehead atoms. The average Bonchev–Trinajstić information content (AvgIpc) is 3.31. The van der Waals surface area contributed by atoms with Gasteiger partial charge in [0.25, 0.3) is 5.91 Å². The van der Waals surface area contributed by atoms with Gasteiger partial charge in [-0.2, -0.15) is 18.4 Å². The predicted octanol–water partition coefficient (Wildman–Crippen LogP) is 2.34. The van der Waals surface area contributed by atoms with E-state index in [-0.39, 0.29) is 23.9 Å². The number of allylic oxidation sites excluding steroid dienone is 1. The predicted molar refractivity (Wildman–Crippen MR) is 139 cm³/mol. The zero-order chi connectivity index (χ0) is 29.2. The number of nitrogens with one attached hydrogen (secondary N) is 2. The van der Waals surface area contributed by atoms with Crippen molar-refractivity contribution in [1.82, 2.24) is 15.5 Å². The van der Waals surface area contributed by atoms with E-state index in [2.05, 4.69) is 10.6 Å². The number of amides is 2. The molecule has 1 aromatic carbocycles. The van der Waals surface area contributed by atoms with Crippen LogP contribution in [0, 0.1) is 16.7 Å². The first-order valence-electron chi connectivity index (χ1n) is 12.7. The minimum absolute atomic E-state index is 0.0107. The lowest BCUT2D eigenvalue weighted by atomic mass is 9.79. The third-order valence-corrected chi connectivity index (χ3v) is 5.99.